The summed E-state index contributed by atoms with van der Waals surface area (Å²) in [5.41, 5.74) is 2.49. The van der Waals surface area contributed by atoms with Gasteiger partial charge < -0.3 is 14.7 Å². The molecule has 2 aromatic heterocycles. The monoisotopic (exact) mass is 524 g/mol. The van der Waals surface area contributed by atoms with Crippen molar-refractivity contribution in [3.8, 4) is 0 Å². The number of imidazole rings is 1. The maximum Gasteiger partial charge on any atom is 0.295 e. The van der Waals surface area contributed by atoms with E-state index >= 15 is 0 Å². The van der Waals surface area contributed by atoms with Gasteiger partial charge in [0.1, 0.15) is 11.3 Å². The number of carbonyl (C=O) groups is 2. The van der Waals surface area contributed by atoms with E-state index in [0.29, 0.717) is 43.3 Å². The van der Waals surface area contributed by atoms with Crippen LogP contribution in [0.5, 0.6) is 0 Å². The standard InChI is InChI=1S/C25H25BrN4O4/c1-16-21(29-8-3-2-7-19(29)27-16)23(31)20-22(17-5-4-6-18(26)15-17)30(25(33)24(20)32)10-9-28-11-13-34-14-12-28/h2-8,15,22,31H,9-14H2,1H3/b23-20+/t22-/m1/s1. The lowest BCUT2D eigenvalue weighted by atomic mass is 9.96. The first kappa shape index (κ1) is 22.8. The van der Waals surface area contributed by atoms with Crippen LogP contribution in [0.4, 0.5) is 0 Å². The Kier molecular flexibility index (Phi) is 6.24. The van der Waals surface area contributed by atoms with Crippen molar-refractivity contribution in [3.05, 3.63) is 75.7 Å². The molecule has 0 aliphatic carbocycles. The Labute approximate surface area is 205 Å². The molecule has 5 rings (SSSR count). The quantitative estimate of drug-likeness (QED) is 0.313. The number of ketones is 1. The lowest BCUT2D eigenvalue weighted by Gasteiger charge is -2.31. The van der Waals surface area contributed by atoms with Crippen molar-refractivity contribution >= 4 is 39.0 Å². The Balaban J connectivity index is 1.61. The minimum atomic E-state index is -0.702. The van der Waals surface area contributed by atoms with Crippen LogP contribution >= 0.6 is 15.9 Å². The van der Waals surface area contributed by atoms with E-state index in [0.717, 1.165) is 23.1 Å². The van der Waals surface area contributed by atoms with Gasteiger partial charge in [-0.2, -0.15) is 0 Å². The molecule has 1 aromatic carbocycles. The zero-order valence-corrected chi connectivity index (χ0v) is 20.4. The van der Waals surface area contributed by atoms with E-state index in [9.17, 15) is 14.7 Å². The number of nitrogens with zero attached hydrogens (tertiary/aromatic N) is 4. The number of aliphatic hydroxyl groups excluding tert-OH is 1. The Bertz CT molecular complexity index is 1300. The van der Waals surface area contributed by atoms with Gasteiger partial charge in [0, 0.05) is 36.8 Å². The molecule has 0 spiro atoms. The number of aliphatic hydroxyl groups is 1. The number of aromatic nitrogens is 2. The summed E-state index contributed by atoms with van der Waals surface area (Å²) < 4.78 is 7.99. The smallest absolute Gasteiger partial charge is 0.295 e. The number of Topliss-reactive ketones (excluding diaryl/α,β-unsaturated/α-hetero) is 1. The zero-order chi connectivity index (χ0) is 23.8. The third-order valence-corrected chi connectivity index (χ3v) is 6.89. The van der Waals surface area contributed by atoms with Gasteiger partial charge in [0.05, 0.1) is 30.5 Å². The molecule has 2 fully saturated rings. The summed E-state index contributed by atoms with van der Waals surface area (Å²) in [6.07, 6.45) is 1.78. The molecule has 2 aliphatic rings. The predicted octanol–water partition coefficient (Wildman–Crippen LogP) is 3.16. The van der Waals surface area contributed by atoms with Crippen molar-refractivity contribution in [1.29, 1.82) is 0 Å². The normalized spacial score (nSPS) is 21.0. The summed E-state index contributed by atoms with van der Waals surface area (Å²) in [6.45, 7) is 5.65. The van der Waals surface area contributed by atoms with Crippen LogP contribution in [0.1, 0.15) is 23.0 Å². The van der Waals surface area contributed by atoms with E-state index in [1.54, 1.807) is 22.4 Å². The second-order valence-electron chi connectivity index (χ2n) is 8.48. The number of ether oxygens (including phenoxy) is 1. The minimum Gasteiger partial charge on any atom is -0.505 e. The molecule has 3 aromatic rings. The highest BCUT2D eigenvalue weighted by molar-refractivity contribution is 9.10. The third kappa shape index (κ3) is 4.04. The topological polar surface area (TPSA) is 87.4 Å². The number of halogens is 1. The molecule has 176 valence electrons. The fourth-order valence-corrected chi connectivity index (χ4v) is 5.15. The Morgan fingerprint density at radius 2 is 1.94 bits per heavy atom. The van der Waals surface area contributed by atoms with Crippen LogP contribution in [0.15, 0.2) is 58.7 Å². The average molecular weight is 525 g/mol. The number of likely N-dealkylation sites (tertiary alicyclic amines) is 1. The summed E-state index contributed by atoms with van der Waals surface area (Å²) in [7, 11) is 0. The van der Waals surface area contributed by atoms with E-state index in [1.807, 2.05) is 42.5 Å². The summed E-state index contributed by atoms with van der Waals surface area (Å²) in [4.78, 5) is 34.9. The van der Waals surface area contributed by atoms with Gasteiger partial charge >= 0.3 is 0 Å². The van der Waals surface area contributed by atoms with E-state index in [2.05, 4.69) is 25.8 Å². The third-order valence-electron chi connectivity index (χ3n) is 6.39. The van der Waals surface area contributed by atoms with Crippen LogP contribution in [0.25, 0.3) is 11.4 Å². The van der Waals surface area contributed by atoms with Crippen molar-refractivity contribution < 1.29 is 19.4 Å². The second-order valence-corrected chi connectivity index (χ2v) is 9.39. The summed E-state index contributed by atoms with van der Waals surface area (Å²) in [5.74, 6) is -1.51. The number of aryl methyl sites for hydroxylation is 1. The van der Waals surface area contributed by atoms with Crippen LogP contribution in [0.3, 0.4) is 0 Å². The lowest BCUT2D eigenvalue weighted by molar-refractivity contribution is -0.140. The van der Waals surface area contributed by atoms with Crippen molar-refractivity contribution in [2.24, 2.45) is 0 Å². The van der Waals surface area contributed by atoms with Crippen LogP contribution in [-0.2, 0) is 14.3 Å². The number of fused-ring (bicyclic) bond motifs is 1. The number of hydrogen-bond acceptors (Lipinski definition) is 6. The highest BCUT2D eigenvalue weighted by Crippen LogP contribution is 2.40. The molecule has 0 radical (unpaired) electrons. The largest absolute Gasteiger partial charge is 0.505 e. The van der Waals surface area contributed by atoms with Crippen LogP contribution in [0, 0.1) is 6.92 Å². The molecule has 1 amide bonds. The molecule has 4 heterocycles. The Morgan fingerprint density at radius 1 is 1.15 bits per heavy atom. The highest BCUT2D eigenvalue weighted by Gasteiger charge is 2.46. The van der Waals surface area contributed by atoms with Crippen molar-refractivity contribution in [2.75, 3.05) is 39.4 Å². The van der Waals surface area contributed by atoms with Crippen molar-refractivity contribution in [2.45, 2.75) is 13.0 Å². The number of carbonyl (C=O) groups excluding carboxylic acids is 2. The van der Waals surface area contributed by atoms with Crippen molar-refractivity contribution in [3.63, 3.8) is 0 Å². The van der Waals surface area contributed by atoms with E-state index in [1.165, 1.54) is 0 Å². The molecule has 0 bridgehead atoms. The molecule has 8 nitrogen and oxygen atoms in total. The number of rotatable bonds is 5. The van der Waals surface area contributed by atoms with E-state index in [4.69, 9.17) is 4.74 Å². The summed E-state index contributed by atoms with van der Waals surface area (Å²) >= 11 is 3.50. The maximum absolute atomic E-state index is 13.3. The first-order valence-electron chi connectivity index (χ1n) is 11.2. The molecule has 1 N–H and O–H groups in total. The lowest BCUT2D eigenvalue weighted by Crippen LogP contribution is -2.42. The Morgan fingerprint density at radius 3 is 2.71 bits per heavy atom. The fourth-order valence-electron chi connectivity index (χ4n) is 4.73. The van der Waals surface area contributed by atoms with Crippen LogP contribution in [-0.4, -0.2) is 75.4 Å². The number of hydrogen-bond donors (Lipinski definition) is 1. The number of amides is 1. The molecular weight excluding hydrogens is 500 g/mol. The van der Waals surface area contributed by atoms with Gasteiger partial charge in [-0.25, -0.2) is 4.98 Å². The zero-order valence-electron chi connectivity index (χ0n) is 18.8. The van der Waals surface area contributed by atoms with E-state index < -0.39 is 17.7 Å². The number of benzene rings is 1. The number of pyridine rings is 1. The summed E-state index contributed by atoms with van der Waals surface area (Å²) in [5, 5.41) is 11.5. The molecule has 2 aliphatic heterocycles. The molecule has 2 saturated heterocycles. The number of morpholine rings is 1. The van der Waals surface area contributed by atoms with Gasteiger partial charge in [-0.1, -0.05) is 34.1 Å². The average Bonchev–Trinajstić information content (AvgIpc) is 3.31. The van der Waals surface area contributed by atoms with Gasteiger partial charge in [-0.15, -0.1) is 0 Å². The fraction of sp³-hybridized carbons (Fsp3) is 0.320. The van der Waals surface area contributed by atoms with Crippen LogP contribution in [0.2, 0.25) is 0 Å². The van der Waals surface area contributed by atoms with Gasteiger partial charge in [0.15, 0.2) is 5.76 Å². The van der Waals surface area contributed by atoms with Gasteiger partial charge in [0.2, 0.25) is 0 Å². The Hall–Kier alpha value is -3.01. The van der Waals surface area contributed by atoms with Gasteiger partial charge in [0.25, 0.3) is 11.7 Å². The molecule has 0 saturated carbocycles. The molecule has 34 heavy (non-hydrogen) atoms. The highest BCUT2D eigenvalue weighted by atomic mass is 79.9. The molecule has 1 atom stereocenters. The van der Waals surface area contributed by atoms with E-state index in [-0.39, 0.29) is 11.3 Å². The first-order chi connectivity index (χ1) is 16.5. The second kappa shape index (κ2) is 9.32. The molecule has 9 heteroatoms. The molecular formula is C25H25BrN4O4. The summed E-state index contributed by atoms with van der Waals surface area (Å²) in [6, 6.07) is 12.3. The van der Waals surface area contributed by atoms with Crippen LogP contribution < -0.4 is 0 Å². The SMILES string of the molecule is Cc1nc2ccccn2c1/C(O)=C1\C(=O)C(=O)N(CCN2CCOCC2)[C@@H]1c1cccc(Br)c1. The predicted molar refractivity (Wildman–Crippen MR) is 130 cm³/mol. The maximum atomic E-state index is 13.3. The first-order valence-corrected chi connectivity index (χ1v) is 12.0. The molecule has 0 unspecified atom stereocenters. The minimum absolute atomic E-state index is 0.0823. The van der Waals surface area contributed by atoms with Crippen molar-refractivity contribution in [1.82, 2.24) is 19.2 Å². The van der Waals surface area contributed by atoms with Gasteiger partial charge in [-0.05, 0) is 36.8 Å². The van der Waals surface area contributed by atoms with Gasteiger partial charge in [-0.3, -0.25) is 18.9 Å².